The Kier molecular flexibility index (Phi) is 3.08. The van der Waals surface area contributed by atoms with E-state index < -0.39 is 0 Å². The van der Waals surface area contributed by atoms with Crippen molar-refractivity contribution in [1.29, 1.82) is 0 Å². The summed E-state index contributed by atoms with van der Waals surface area (Å²) in [7, 11) is 0. The van der Waals surface area contributed by atoms with Crippen LogP contribution in [0.3, 0.4) is 0 Å². The van der Waals surface area contributed by atoms with Crippen molar-refractivity contribution in [3.63, 3.8) is 0 Å². The summed E-state index contributed by atoms with van der Waals surface area (Å²) in [6, 6.07) is 3.93. The summed E-state index contributed by atoms with van der Waals surface area (Å²) < 4.78 is 1.60. The van der Waals surface area contributed by atoms with E-state index in [2.05, 4.69) is 15.3 Å². The number of aromatic nitrogens is 4. The maximum absolute atomic E-state index is 12.4. The van der Waals surface area contributed by atoms with E-state index in [1.54, 1.807) is 17.1 Å². The Hall–Kier alpha value is -2.08. The molecular formula is C13H15N5O. The smallest absolute Gasteiger partial charge is 0.193 e. The molecule has 0 saturated carbocycles. The number of hydrogen-bond donors (Lipinski definition) is 1. The topological polar surface area (TPSA) is 86.7 Å². The van der Waals surface area contributed by atoms with E-state index in [9.17, 15) is 4.79 Å². The Morgan fingerprint density at radius 3 is 3.26 bits per heavy atom. The average Bonchev–Trinajstić information content (AvgIpc) is 3.05. The Labute approximate surface area is 110 Å². The van der Waals surface area contributed by atoms with Gasteiger partial charge in [-0.2, -0.15) is 0 Å². The minimum Gasteiger partial charge on any atom is -0.329 e. The van der Waals surface area contributed by atoms with Crippen LogP contribution < -0.4 is 5.73 Å². The van der Waals surface area contributed by atoms with E-state index in [0.29, 0.717) is 18.8 Å². The summed E-state index contributed by atoms with van der Waals surface area (Å²) in [5, 5.41) is 7.83. The van der Waals surface area contributed by atoms with Crippen LogP contribution in [-0.2, 0) is 13.0 Å². The lowest BCUT2D eigenvalue weighted by Crippen LogP contribution is -2.12. The van der Waals surface area contributed by atoms with Crippen LogP contribution in [0.4, 0.5) is 0 Å². The molecule has 1 atom stereocenters. The molecule has 0 aromatic carbocycles. The van der Waals surface area contributed by atoms with Crippen LogP contribution in [0.15, 0.2) is 24.5 Å². The van der Waals surface area contributed by atoms with Crippen molar-refractivity contribution in [1.82, 2.24) is 20.0 Å². The number of nitrogens with two attached hydrogens (primary N) is 1. The fourth-order valence-corrected chi connectivity index (χ4v) is 2.50. The van der Waals surface area contributed by atoms with Crippen molar-refractivity contribution in [2.75, 3.05) is 6.54 Å². The van der Waals surface area contributed by atoms with Gasteiger partial charge >= 0.3 is 0 Å². The molecule has 0 fully saturated rings. The van der Waals surface area contributed by atoms with Crippen molar-refractivity contribution in [2.45, 2.75) is 25.3 Å². The maximum Gasteiger partial charge on any atom is 0.193 e. The first-order valence-corrected chi connectivity index (χ1v) is 6.38. The first kappa shape index (κ1) is 12.0. The van der Waals surface area contributed by atoms with Gasteiger partial charge in [-0.15, -0.1) is 5.10 Å². The molecule has 98 valence electrons. The average molecular weight is 257 g/mol. The third-order valence-corrected chi connectivity index (χ3v) is 3.42. The molecule has 2 heterocycles. The lowest BCUT2D eigenvalue weighted by molar-refractivity contribution is 0.0953. The molecule has 1 aliphatic rings. The molecule has 0 spiro atoms. The third kappa shape index (κ3) is 2.15. The van der Waals surface area contributed by atoms with Gasteiger partial charge in [-0.1, -0.05) is 11.3 Å². The van der Waals surface area contributed by atoms with E-state index >= 15 is 0 Å². The number of fused-ring (bicyclic) bond motifs is 1. The van der Waals surface area contributed by atoms with Gasteiger partial charge in [0.25, 0.3) is 0 Å². The predicted molar refractivity (Wildman–Crippen MR) is 68.7 cm³/mol. The van der Waals surface area contributed by atoms with Crippen molar-refractivity contribution < 1.29 is 4.79 Å². The number of ketones is 1. The number of carbonyl (C=O) groups excluding carboxylic acids is 1. The van der Waals surface area contributed by atoms with Gasteiger partial charge in [0.15, 0.2) is 5.78 Å². The van der Waals surface area contributed by atoms with E-state index in [0.717, 1.165) is 24.1 Å². The van der Waals surface area contributed by atoms with Gasteiger partial charge in [0.2, 0.25) is 0 Å². The van der Waals surface area contributed by atoms with Gasteiger partial charge in [0, 0.05) is 12.7 Å². The van der Waals surface area contributed by atoms with E-state index in [1.807, 2.05) is 12.1 Å². The van der Waals surface area contributed by atoms with Crippen molar-refractivity contribution in [3.05, 3.63) is 41.5 Å². The predicted octanol–water partition coefficient (Wildman–Crippen LogP) is 0.544. The highest BCUT2D eigenvalue weighted by Crippen LogP contribution is 2.33. The molecule has 0 amide bonds. The molecule has 3 rings (SSSR count). The molecule has 0 bridgehead atoms. The van der Waals surface area contributed by atoms with Crippen molar-refractivity contribution in [3.8, 4) is 0 Å². The van der Waals surface area contributed by atoms with Gasteiger partial charge in [-0.3, -0.25) is 14.5 Å². The van der Waals surface area contributed by atoms with Crippen LogP contribution in [0.5, 0.6) is 0 Å². The summed E-state index contributed by atoms with van der Waals surface area (Å²) in [5.41, 5.74) is 7.90. The molecule has 2 N–H and O–H groups in total. The summed E-state index contributed by atoms with van der Waals surface area (Å²) in [5.74, 6) is -0.181. The Morgan fingerprint density at radius 1 is 1.53 bits per heavy atom. The van der Waals surface area contributed by atoms with Crippen LogP contribution in [0.25, 0.3) is 0 Å². The highest BCUT2D eigenvalue weighted by Gasteiger charge is 2.31. The van der Waals surface area contributed by atoms with Gasteiger partial charge < -0.3 is 5.73 Å². The van der Waals surface area contributed by atoms with Crippen molar-refractivity contribution in [2.24, 2.45) is 5.73 Å². The van der Waals surface area contributed by atoms with Gasteiger partial charge in [-0.25, -0.2) is 0 Å². The molecular weight excluding hydrogens is 242 g/mol. The van der Waals surface area contributed by atoms with Crippen molar-refractivity contribution >= 4 is 5.78 Å². The van der Waals surface area contributed by atoms with Crippen LogP contribution in [0.2, 0.25) is 0 Å². The SMILES string of the molecule is NCCn1cc(C(=O)C2CCc3cccnc32)nn1. The molecule has 0 radical (unpaired) electrons. The highest BCUT2D eigenvalue weighted by atomic mass is 16.1. The number of nitrogens with zero attached hydrogens (tertiary/aromatic N) is 4. The molecule has 6 nitrogen and oxygen atoms in total. The van der Waals surface area contributed by atoms with Crippen LogP contribution in [-0.4, -0.2) is 32.3 Å². The molecule has 2 aromatic heterocycles. The van der Waals surface area contributed by atoms with Gasteiger partial charge in [-0.05, 0) is 24.5 Å². The minimum absolute atomic E-state index is 0.000668. The minimum atomic E-state index is -0.181. The zero-order valence-corrected chi connectivity index (χ0v) is 10.5. The van der Waals surface area contributed by atoms with Gasteiger partial charge in [0.05, 0.1) is 24.4 Å². The molecule has 1 aliphatic carbocycles. The number of pyridine rings is 1. The Bertz CT molecular complexity index is 607. The molecule has 1 unspecified atom stereocenters. The number of carbonyl (C=O) groups is 1. The normalized spacial score (nSPS) is 17.4. The van der Waals surface area contributed by atoms with E-state index in [1.165, 1.54) is 0 Å². The second-order valence-electron chi connectivity index (χ2n) is 4.66. The second-order valence-corrected chi connectivity index (χ2v) is 4.66. The number of rotatable bonds is 4. The van der Waals surface area contributed by atoms with E-state index in [4.69, 9.17) is 5.73 Å². The highest BCUT2D eigenvalue weighted by molar-refractivity contribution is 5.99. The first-order valence-electron chi connectivity index (χ1n) is 6.38. The maximum atomic E-state index is 12.4. The molecule has 2 aromatic rings. The van der Waals surface area contributed by atoms with Crippen LogP contribution in [0, 0.1) is 0 Å². The van der Waals surface area contributed by atoms with Crippen LogP contribution in [0.1, 0.15) is 34.1 Å². The largest absolute Gasteiger partial charge is 0.329 e. The van der Waals surface area contributed by atoms with Gasteiger partial charge in [0.1, 0.15) is 5.69 Å². The molecule has 19 heavy (non-hydrogen) atoms. The zero-order valence-electron chi connectivity index (χ0n) is 10.5. The Balaban J connectivity index is 1.85. The third-order valence-electron chi connectivity index (χ3n) is 3.42. The summed E-state index contributed by atoms with van der Waals surface area (Å²) >= 11 is 0. The molecule has 6 heteroatoms. The Morgan fingerprint density at radius 2 is 2.42 bits per heavy atom. The fraction of sp³-hybridized carbons (Fsp3) is 0.385. The lowest BCUT2D eigenvalue weighted by Gasteiger charge is -2.06. The quantitative estimate of drug-likeness (QED) is 0.808. The number of Topliss-reactive ketones (excluding diaryl/α,β-unsaturated/α-hetero) is 1. The monoisotopic (exact) mass is 257 g/mol. The first-order chi connectivity index (χ1) is 9.29. The number of hydrogen-bond acceptors (Lipinski definition) is 5. The summed E-state index contributed by atoms with van der Waals surface area (Å²) in [6.07, 6.45) is 5.09. The molecule has 0 saturated heterocycles. The van der Waals surface area contributed by atoms with E-state index in [-0.39, 0.29) is 11.7 Å². The lowest BCUT2D eigenvalue weighted by atomic mass is 9.99. The zero-order chi connectivity index (χ0) is 13.2. The molecule has 0 aliphatic heterocycles. The second kappa shape index (κ2) is 4.89. The summed E-state index contributed by atoms with van der Waals surface area (Å²) in [6.45, 7) is 1.05. The number of aryl methyl sites for hydroxylation is 1. The summed E-state index contributed by atoms with van der Waals surface area (Å²) in [4.78, 5) is 16.8. The van der Waals surface area contributed by atoms with Crippen LogP contribution >= 0.6 is 0 Å². The standard InChI is InChI=1S/C13H15N5O/c14-5-7-18-8-11(16-17-18)13(19)10-4-3-9-2-1-6-15-12(9)10/h1-2,6,8,10H,3-5,7,14H2. The fourth-order valence-electron chi connectivity index (χ4n) is 2.50.